The van der Waals surface area contributed by atoms with E-state index in [4.69, 9.17) is 5.11 Å². The zero-order chi connectivity index (χ0) is 10.4. The Morgan fingerprint density at radius 3 is 2.60 bits per heavy atom. The van der Waals surface area contributed by atoms with Gasteiger partial charge in [0.25, 0.3) is 0 Å². The molecule has 1 aliphatic carbocycles. The number of piperidine rings is 1. The minimum absolute atomic E-state index is 0.00288. The van der Waals surface area contributed by atoms with Gasteiger partial charge in [0.05, 0.1) is 12.4 Å². The molecule has 1 aromatic heterocycles. The first-order valence-corrected chi connectivity index (χ1v) is 5.04. The molecule has 2 atom stereocenters. The Hall–Kier alpha value is -1.65. The Morgan fingerprint density at radius 1 is 1.33 bits per heavy atom. The fourth-order valence-corrected chi connectivity index (χ4v) is 2.18. The van der Waals surface area contributed by atoms with Crippen LogP contribution in [0.1, 0.15) is 16.9 Å². The first kappa shape index (κ1) is 8.64. The topological polar surface area (TPSA) is 66.3 Å². The molecule has 78 valence electrons. The third-order valence-corrected chi connectivity index (χ3v) is 3.16. The van der Waals surface area contributed by atoms with Crippen LogP contribution in [0, 0.1) is 11.8 Å². The van der Waals surface area contributed by atoms with E-state index in [2.05, 4.69) is 14.9 Å². The average Bonchev–Trinajstić information content (AvgIpc) is 2.86. The molecule has 0 amide bonds. The maximum atomic E-state index is 10.6. The summed E-state index contributed by atoms with van der Waals surface area (Å²) in [7, 11) is 0. The van der Waals surface area contributed by atoms with Gasteiger partial charge in [-0.15, -0.1) is 0 Å². The summed E-state index contributed by atoms with van der Waals surface area (Å²) in [6, 6.07) is 0. The van der Waals surface area contributed by atoms with Crippen LogP contribution in [-0.4, -0.2) is 34.1 Å². The lowest BCUT2D eigenvalue weighted by molar-refractivity contribution is 0.0690. The summed E-state index contributed by atoms with van der Waals surface area (Å²) < 4.78 is 0. The molecule has 0 radical (unpaired) electrons. The number of hydrogen-bond donors (Lipinski definition) is 1. The number of carbonyl (C=O) groups is 1. The molecule has 1 aliphatic heterocycles. The van der Waals surface area contributed by atoms with Gasteiger partial charge in [0, 0.05) is 13.1 Å². The van der Waals surface area contributed by atoms with Crippen molar-refractivity contribution >= 4 is 11.8 Å². The molecule has 1 saturated heterocycles. The number of fused-ring (bicyclic) bond motifs is 1. The van der Waals surface area contributed by atoms with E-state index in [0.717, 1.165) is 30.7 Å². The number of anilines is 1. The van der Waals surface area contributed by atoms with E-state index in [0.29, 0.717) is 0 Å². The summed E-state index contributed by atoms with van der Waals surface area (Å²) in [5.41, 5.74) is 0.00288. The molecule has 0 aromatic carbocycles. The Morgan fingerprint density at radius 2 is 2.07 bits per heavy atom. The fraction of sp³-hybridized carbons (Fsp3) is 0.500. The molecule has 1 aromatic rings. The molecular formula is C10H11N3O2. The number of rotatable bonds is 2. The van der Waals surface area contributed by atoms with Crippen LogP contribution >= 0.6 is 0 Å². The van der Waals surface area contributed by atoms with Gasteiger partial charge in [0.15, 0.2) is 5.69 Å². The number of carboxylic acids is 1. The normalized spacial score (nSPS) is 27.6. The van der Waals surface area contributed by atoms with Crippen molar-refractivity contribution < 1.29 is 9.90 Å². The summed E-state index contributed by atoms with van der Waals surface area (Å²) in [5, 5.41) is 8.67. The molecule has 15 heavy (non-hydrogen) atoms. The quantitative estimate of drug-likeness (QED) is 0.767. The van der Waals surface area contributed by atoms with E-state index < -0.39 is 5.97 Å². The van der Waals surface area contributed by atoms with E-state index >= 15 is 0 Å². The van der Waals surface area contributed by atoms with Crippen molar-refractivity contribution in [2.45, 2.75) is 6.42 Å². The summed E-state index contributed by atoms with van der Waals surface area (Å²) in [4.78, 5) is 20.7. The van der Waals surface area contributed by atoms with Gasteiger partial charge in [0.2, 0.25) is 0 Å². The molecule has 0 spiro atoms. The zero-order valence-corrected chi connectivity index (χ0v) is 8.13. The van der Waals surface area contributed by atoms with Crippen LogP contribution in [0.15, 0.2) is 12.4 Å². The molecule has 2 fully saturated rings. The van der Waals surface area contributed by atoms with E-state index in [-0.39, 0.29) is 5.69 Å². The van der Waals surface area contributed by atoms with Crippen LogP contribution < -0.4 is 4.90 Å². The van der Waals surface area contributed by atoms with Crippen molar-refractivity contribution in [3.8, 4) is 0 Å². The van der Waals surface area contributed by atoms with Gasteiger partial charge in [-0.3, -0.25) is 0 Å². The highest BCUT2D eigenvalue weighted by molar-refractivity contribution is 5.84. The molecule has 1 N–H and O–H groups in total. The first-order valence-electron chi connectivity index (χ1n) is 5.04. The predicted molar refractivity (Wildman–Crippen MR) is 52.8 cm³/mol. The van der Waals surface area contributed by atoms with Crippen molar-refractivity contribution in [2.24, 2.45) is 11.8 Å². The van der Waals surface area contributed by atoms with E-state index in [9.17, 15) is 4.79 Å². The third-order valence-electron chi connectivity index (χ3n) is 3.16. The lowest BCUT2D eigenvalue weighted by Gasteiger charge is -2.17. The maximum absolute atomic E-state index is 10.6. The van der Waals surface area contributed by atoms with Gasteiger partial charge >= 0.3 is 5.97 Å². The molecule has 2 unspecified atom stereocenters. The third kappa shape index (κ3) is 1.44. The highest BCUT2D eigenvalue weighted by Gasteiger charge is 2.45. The van der Waals surface area contributed by atoms with Gasteiger partial charge in [-0.2, -0.15) is 0 Å². The van der Waals surface area contributed by atoms with E-state index in [1.54, 1.807) is 6.20 Å². The molecular weight excluding hydrogens is 194 g/mol. The van der Waals surface area contributed by atoms with Gasteiger partial charge in [-0.1, -0.05) is 0 Å². The number of aromatic carboxylic acids is 1. The lowest BCUT2D eigenvalue weighted by Crippen LogP contribution is -2.23. The number of nitrogens with zero attached hydrogens (tertiary/aromatic N) is 3. The summed E-state index contributed by atoms with van der Waals surface area (Å²) in [6.07, 6.45) is 4.22. The minimum atomic E-state index is -1.03. The number of aromatic nitrogens is 2. The van der Waals surface area contributed by atoms with Crippen LogP contribution in [0.5, 0.6) is 0 Å². The molecule has 3 rings (SSSR count). The largest absolute Gasteiger partial charge is 0.476 e. The van der Waals surface area contributed by atoms with Crippen LogP contribution in [0.4, 0.5) is 5.82 Å². The molecule has 2 aliphatic rings. The number of carboxylic acid groups (broad SMARTS) is 1. The predicted octanol–water partition coefficient (Wildman–Crippen LogP) is 0.631. The van der Waals surface area contributed by atoms with Gasteiger partial charge in [-0.25, -0.2) is 14.8 Å². The SMILES string of the molecule is O=C(O)c1cnc(N2CC3CC3C2)cn1. The minimum Gasteiger partial charge on any atom is -0.476 e. The second-order valence-corrected chi connectivity index (χ2v) is 4.23. The summed E-state index contributed by atoms with van der Waals surface area (Å²) in [6.45, 7) is 2.09. The molecule has 2 heterocycles. The molecule has 0 bridgehead atoms. The second kappa shape index (κ2) is 2.92. The monoisotopic (exact) mass is 205 g/mol. The summed E-state index contributed by atoms with van der Waals surface area (Å²) >= 11 is 0. The zero-order valence-electron chi connectivity index (χ0n) is 8.13. The smallest absolute Gasteiger partial charge is 0.356 e. The van der Waals surface area contributed by atoms with E-state index in [1.807, 2.05) is 0 Å². The standard InChI is InChI=1S/C10H11N3O2/c14-10(15)8-2-12-9(3-11-8)13-4-6-1-7(6)5-13/h2-3,6-7H,1,4-5H2,(H,14,15). The Bertz CT molecular complexity index is 394. The first-order chi connectivity index (χ1) is 7.24. The Labute approximate surface area is 86.8 Å². The molecule has 5 nitrogen and oxygen atoms in total. The second-order valence-electron chi connectivity index (χ2n) is 4.23. The van der Waals surface area contributed by atoms with Gasteiger partial charge < -0.3 is 10.0 Å². The van der Waals surface area contributed by atoms with Crippen LogP contribution in [0.25, 0.3) is 0 Å². The summed E-state index contributed by atoms with van der Waals surface area (Å²) in [5.74, 6) is 1.45. The molecule has 1 saturated carbocycles. The van der Waals surface area contributed by atoms with Gasteiger partial charge in [0.1, 0.15) is 5.82 Å². The maximum Gasteiger partial charge on any atom is 0.356 e. The van der Waals surface area contributed by atoms with Crippen molar-refractivity contribution in [1.29, 1.82) is 0 Å². The van der Waals surface area contributed by atoms with Crippen molar-refractivity contribution in [3.63, 3.8) is 0 Å². The van der Waals surface area contributed by atoms with Gasteiger partial charge in [-0.05, 0) is 18.3 Å². The Balaban J connectivity index is 1.78. The van der Waals surface area contributed by atoms with Crippen LogP contribution in [0.2, 0.25) is 0 Å². The lowest BCUT2D eigenvalue weighted by atomic mass is 10.4. The highest BCUT2D eigenvalue weighted by atomic mass is 16.4. The van der Waals surface area contributed by atoms with Crippen molar-refractivity contribution in [3.05, 3.63) is 18.1 Å². The highest BCUT2D eigenvalue weighted by Crippen LogP contribution is 2.45. The van der Waals surface area contributed by atoms with Crippen LogP contribution in [-0.2, 0) is 0 Å². The number of hydrogen-bond acceptors (Lipinski definition) is 4. The van der Waals surface area contributed by atoms with Crippen molar-refractivity contribution in [2.75, 3.05) is 18.0 Å². The fourth-order valence-electron chi connectivity index (χ4n) is 2.18. The Kier molecular flexibility index (Phi) is 1.68. The van der Waals surface area contributed by atoms with Crippen LogP contribution in [0.3, 0.4) is 0 Å². The molecule has 5 heteroatoms. The van der Waals surface area contributed by atoms with E-state index in [1.165, 1.54) is 12.6 Å². The van der Waals surface area contributed by atoms with Crippen molar-refractivity contribution in [1.82, 2.24) is 9.97 Å². The average molecular weight is 205 g/mol.